The van der Waals surface area contributed by atoms with Crippen molar-refractivity contribution < 1.29 is 18.7 Å². The number of benzene rings is 1. The molecule has 10 nitrogen and oxygen atoms in total. The van der Waals surface area contributed by atoms with E-state index in [9.17, 15) is 9.18 Å². The molecule has 0 saturated heterocycles. The summed E-state index contributed by atoms with van der Waals surface area (Å²) in [6, 6.07) is 5.93. The molecule has 1 amide bonds. The van der Waals surface area contributed by atoms with Crippen molar-refractivity contribution in [3.05, 3.63) is 36.3 Å². The van der Waals surface area contributed by atoms with Gasteiger partial charge in [0.25, 0.3) is 0 Å². The van der Waals surface area contributed by atoms with Gasteiger partial charge in [-0.1, -0.05) is 19.9 Å². The summed E-state index contributed by atoms with van der Waals surface area (Å²) in [6.07, 6.45) is 0.990. The number of nitrogens with one attached hydrogen (secondary N) is 1. The van der Waals surface area contributed by atoms with Gasteiger partial charge in [-0.2, -0.15) is 9.61 Å². The SMILES string of the molecule is CC.CN1CCOc2c1cnn1c(-c3ccc4cc(F)cc(NC(=O)OC(C)(C)C)c4n3)nnc21. The zero-order valence-electron chi connectivity index (χ0n) is 20.6. The maximum Gasteiger partial charge on any atom is 0.412 e. The minimum Gasteiger partial charge on any atom is -0.486 e. The zero-order chi connectivity index (χ0) is 25.3. The van der Waals surface area contributed by atoms with Crippen LogP contribution in [0.25, 0.3) is 28.1 Å². The summed E-state index contributed by atoms with van der Waals surface area (Å²) in [7, 11) is 1.96. The lowest BCUT2D eigenvalue weighted by Crippen LogP contribution is -2.29. The number of anilines is 2. The Kier molecular flexibility index (Phi) is 6.42. The molecule has 4 aromatic rings. The highest BCUT2D eigenvalue weighted by Crippen LogP contribution is 2.34. The van der Waals surface area contributed by atoms with E-state index in [2.05, 4.69) is 25.6 Å². The molecule has 5 rings (SSSR count). The van der Waals surface area contributed by atoms with Gasteiger partial charge in [0.1, 0.15) is 29.4 Å². The molecule has 4 heterocycles. The molecule has 0 radical (unpaired) electrons. The number of hydrogen-bond donors (Lipinski definition) is 1. The van der Waals surface area contributed by atoms with E-state index in [-0.39, 0.29) is 5.69 Å². The summed E-state index contributed by atoms with van der Waals surface area (Å²) >= 11 is 0. The standard InChI is InChI=1S/C22H22FN7O3.C2H6/c1-22(2,3)33-21(31)26-15-10-13(23)9-12-5-6-14(25-17(12)15)19-27-28-20-18-16(11-24-30(19)20)29(4)7-8-32-18;1-2/h5-6,9-11H,7-8H2,1-4H3,(H,26,31);1-2H3. The van der Waals surface area contributed by atoms with Crippen LogP contribution in [0.4, 0.5) is 20.6 Å². The smallest absolute Gasteiger partial charge is 0.412 e. The Morgan fingerprint density at radius 2 is 1.97 bits per heavy atom. The normalized spacial score (nSPS) is 13.1. The molecule has 1 aliphatic heterocycles. The number of carbonyl (C=O) groups excluding carboxylic acids is 1. The van der Waals surface area contributed by atoms with Crippen molar-refractivity contribution in [3.8, 4) is 17.3 Å². The van der Waals surface area contributed by atoms with Crippen molar-refractivity contribution in [1.82, 2.24) is 24.8 Å². The van der Waals surface area contributed by atoms with Crippen LogP contribution >= 0.6 is 0 Å². The van der Waals surface area contributed by atoms with Gasteiger partial charge in [0.05, 0.1) is 23.9 Å². The fraction of sp³-hybridized carbons (Fsp3) is 0.375. The molecule has 0 bridgehead atoms. The number of amides is 1. The number of aromatic nitrogens is 5. The van der Waals surface area contributed by atoms with Gasteiger partial charge >= 0.3 is 6.09 Å². The van der Waals surface area contributed by atoms with Crippen molar-refractivity contribution in [3.63, 3.8) is 0 Å². The Morgan fingerprint density at radius 1 is 1.20 bits per heavy atom. The monoisotopic (exact) mass is 481 g/mol. The van der Waals surface area contributed by atoms with Gasteiger partial charge in [-0.15, -0.1) is 10.2 Å². The van der Waals surface area contributed by atoms with E-state index in [4.69, 9.17) is 9.47 Å². The second-order valence-corrected chi connectivity index (χ2v) is 8.74. The molecule has 0 atom stereocenters. The number of pyridine rings is 1. The van der Waals surface area contributed by atoms with E-state index in [0.29, 0.717) is 40.4 Å². The summed E-state index contributed by atoms with van der Waals surface area (Å²) < 4.78 is 26.8. The third-order valence-corrected chi connectivity index (χ3v) is 5.08. The van der Waals surface area contributed by atoms with Crippen molar-refractivity contribution in [2.75, 3.05) is 30.4 Å². The van der Waals surface area contributed by atoms with Gasteiger partial charge in [0.2, 0.25) is 11.5 Å². The van der Waals surface area contributed by atoms with Crippen molar-refractivity contribution in [1.29, 1.82) is 0 Å². The highest BCUT2D eigenvalue weighted by atomic mass is 19.1. The maximum absolute atomic E-state index is 14.2. The summed E-state index contributed by atoms with van der Waals surface area (Å²) in [5.41, 5.74) is 1.62. The third kappa shape index (κ3) is 4.79. The van der Waals surface area contributed by atoms with E-state index < -0.39 is 17.5 Å². The summed E-state index contributed by atoms with van der Waals surface area (Å²) in [6.45, 7) is 10.5. The van der Waals surface area contributed by atoms with Gasteiger partial charge in [-0.05, 0) is 39.0 Å². The number of carbonyl (C=O) groups is 1. The molecule has 0 saturated carbocycles. The molecule has 3 aromatic heterocycles. The largest absolute Gasteiger partial charge is 0.486 e. The first kappa shape index (κ1) is 24.1. The first-order chi connectivity index (χ1) is 16.7. The first-order valence-corrected chi connectivity index (χ1v) is 11.4. The van der Waals surface area contributed by atoms with E-state index in [1.54, 1.807) is 43.6 Å². The Labute approximate surface area is 202 Å². The fourth-order valence-corrected chi connectivity index (χ4v) is 3.62. The molecule has 1 aliphatic rings. The predicted octanol–water partition coefficient (Wildman–Crippen LogP) is 4.68. The summed E-state index contributed by atoms with van der Waals surface area (Å²) in [5.74, 6) is 0.484. The van der Waals surface area contributed by atoms with Crippen LogP contribution in [0.3, 0.4) is 0 Å². The van der Waals surface area contributed by atoms with Gasteiger partial charge < -0.3 is 14.4 Å². The van der Waals surface area contributed by atoms with E-state index in [1.807, 2.05) is 25.8 Å². The number of halogens is 1. The Morgan fingerprint density at radius 3 is 2.71 bits per heavy atom. The minimum absolute atomic E-state index is 0.185. The third-order valence-electron chi connectivity index (χ3n) is 5.08. The Balaban J connectivity index is 0.00000141. The number of hydrogen-bond acceptors (Lipinski definition) is 8. The molecule has 1 aromatic carbocycles. The Hall–Kier alpha value is -4.02. The summed E-state index contributed by atoms with van der Waals surface area (Å²) in [5, 5.41) is 16.1. The van der Waals surface area contributed by atoms with Crippen molar-refractivity contribution >= 4 is 34.0 Å². The van der Waals surface area contributed by atoms with Crippen molar-refractivity contribution in [2.45, 2.75) is 40.2 Å². The maximum atomic E-state index is 14.2. The highest BCUT2D eigenvalue weighted by molar-refractivity contribution is 5.98. The number of likely N-dealkylation sites (N-methyl/N-ethyl adjacent to an activating group) is 1. The lowest BCUT2D eigenvalue weighted by atomic mass is 10.1. The topological polar surface area (TPSA) is 107 Å². The molecule has 11 heteroatoms. The van der Waals surface area contributed by atoms with Crippen LogP contribution in [0.5, 0.6) is 5.75 Å². The lowest BCUT2D eigenvalue weighted by molar-refractivity contribution is 0.0636. The quantitative estimate of drug-likeness (QED) is 0.440. The predicted molar refractivity (Wildman–Crippen MR) is 131 cm³/mol. The molecule has 184 valence electrons. The summed E-state index contributed by atoms with van der Waals surface area (Å²) in [4.78, 5) is 19.0. The van der Waals surface area contributed by atoms with Crippen LogP contribution < -0.4 is 15.0 Å². The van der Waals surface area contributed by atoms with Gasteiger partial charge in [0, 0.05) is 12.4 Å². The van der Waals surface area contributed by atoms with Crippen LogP contribution in [0.15, 0.2) is 30.5 Å². The van der Waals surface area contributed by atoms with Crippen LogP contribution in [0.2, 0.25) is 0 Å². The molecule has 0 aliphatic carbocycles. The van der Waals surface area contributed by atoms with Crippen LogP contribution in [-0.4, -0.2) is 56.7 Å². The van der Waals surface area contributed by atoms with E-state index in [0.717, 1.165) is 12.2 Å². The molecular weight excluding hydrogens is 453 g/mol. The van der Waals surface area contributed by atoms with Gasteiger partial charge in [-0.3, -0.25) is 5.32 Å². The fourth-order valence-electron chi connectivity index (χ4n) is 3.62. The zero-order valence-corrected chi connectivity index (χ0v) is 20.6. The van der Waals surface area contributed by atoms with Crippen LogP contribution in [0, 0.1) is 5.82 Å². The van der Waals surface area contributed by atoms with Crippen molar-refractivity contribution in [2.24, 2.45) is 0 Å². The van der Waals surface area contributed by atoms with E-state index >= 15 is 0 Å². The molecular formula is C24H28FN7O3. The number of ether oxygens (including phenoxy) is 2. The number of fused-ring (bicyclic) bond motifs is 4. The van der Waals surface area contributed by atoms with E-state index in [1.165, 1.54) is 12.1 Å². The number of nitrogens with zero attached hydrogens (tertiary/aromatic N) is 6. The number of rotatable bonds is 2. The average Bonchev–Trinajstić information content (AvgIpc) is 3.24. The molecule has 0 unspecified atom stereocenters. The van der Waals surface area contributed by atoms with Gasteiger partial charge in [-0.25, -0.2) is 14.2 Å². The lowest BCUT2D eigenvalue weighted by Gasteiger charge is -2.26. The molecule has 0 fully saturated rings. The second-order valence-electron chi connectivity index (χ2n) is 8.74. The molecule has 35 heavy (non-hydrogen) atoms. The van der Waals surface area contributed by atoms with Crippen LogP contribution in [0.1, 0.15) is 34.6 Å². The first-order valence-electron chi connectivity index (χ1n) is 11.4. The minimum atomic E-state index is -0.705. The van der Waals surface area contributed by atoms with Crippen LogP contribution in [-0.2, 0) is 4.74 Å². The Bertz CT molecular complexity index is 1400. The highest BCUT2D eigenvalue weighted by Gasteiger charge is 2.23. The molecule has 0 spiro atoms. The molecule has 1 N–H and O–H groups in total. The average molecular weight is 482 g/mol. The van der Waals surface area contributed by atoms with Gasteiger partial charge in [0.15, 0.2) is 5.75 Å². The second kappa shape index (κ2) is 9.32.